The van der Waals surface area contributed by atoms with Gasteiger partial charge in [0.25, 0.3) is 15.9 Å². The molecule has 0 saturated heterocycles. The summed E-state index contributed by atoms with van der Waals surface area (Å²) in [5.74, 6) is -1.31. The van der Waals surface area contributed by atoms with E-state index in [1.54, 1.807) is 19.1 Å². The van der Waals surface area contributed by atoms with Crippen molar-refractivity contribution in [2.75, 3.05) is 6.61 Å². The number of sulfonamides is 1. The number of carbonyl (C=O) groups excluding carboxylic acids is 2. The summed E-state index contributed by atoms with van der Waals surface area (Å²) in [6.45, 7) is 3.94. The van der Waals surface area contributed by atoms with Gasteiger partial charge < -0.3 is 4.74 Å². The van der Waals surface area contributed by atoms with E-state index in [2.05, 4.69) is 6.92 Å². The van der Waals surface area contributed by atoms with E-state index in [-0.39, 0.29) is 23.5 Å². The predicted molar refractivity (Wildman–Crippen MR) is 98.2 cm³/mol. The highest BCUT2D eigenvalue weighted by Gasteiger charge is 2.47. The molecule has 0 aromatic heterocycles. The van der Waals surface area contributed by atoms with Crippen LogP contribution in [0.3, 0.4) is 0 Å². The average molecular weight is 381 g/mol. The van der Waals surface area contributed by atoms with Crippen LogP contribution in [0.5, 0.6) is 0 Å². The number of esters is 1. The molecule has 6 nitrogen and oxygen atoms in total. The van der Waals surface area contributed by atoms with E-state index >= 15 is 0 Å². The Kier molecular flexibility index (Phi) is 7.20. The third kappa shape index (κ3) is 4.26. The van der Waals surface area contributed by atoms with Crippen LogP contribution in [0.15, 0.2) is 29.2 Å². The second kappa shape index (κ2) is 9.16. The highest BCUT2D eigenvalue weighted by Crippen LogP contribution is 2.33. The van der Waals surface area contributed by atoms with E-state index in [4.69, 9.17) is 4.74 Å². The number of rotatable bonds is 10. The van der Waals surface area contributed by atoms with Crippen molar-refractivity contribution < 1.29 is 22.7 Å². The first-order valence-corrected chi connectivity index (χ1v) is 10.7. The number of fused-ring (bicyclic) bond motifs is 1. The number of amides is 1. The topological polar surface area (TPSA) is 80.8 Å². The SMILES string of the molecule is CCCCCCCC[C@@H](C(=O)OCC)N1C(=O)c2ccccc2S1(=O)=O. The van der Waals surface area contributed by atoms with Crippen LogP contribution in [-0.4, -0.2) is 37.2 Å². The zero-order chi connectivity index (χ0) is 19.2. The molecular weight excluding hydrogens is 354 g/mol. The lowest BCUT2D eigenvalue weighted by molar-refractivity contribution is -0.147. The fourth-order valence-electron chi connectivity index (χ4n) is 3.20. The molecule has 2 rings (SSSR count). The minimum absolute atomic E-state index is 0.0396. The van der Waals surface area contributed by atoms with Crippen LogP contribution in [0.25, 0.3) is 0 Å². The molecule has 0 spiro atoms. The first kappa shape index (κ1) is 20.4. The molecule has 0 fully saturated rings. The van der Waals surface area contributed by atoms with Gasteiger partial charge in [-0.25, -0.2) is 17.5 Å². The van der Waals surface area contributed by atoms with E-state index in [1.807, 2.05) is 0 Å². The Balaban J connectivity index is 2.18. The molecule has 0 radical (unpaired) electrons. The number of hydrogen-bond acceptors (Lipinski definition) is 5. The van der Waals surface area contributed by atoms with E-state index in [1.165, 1.54) is 12.1 Å². The molecule has 0 unspecified atom stereocenters. The molecule has 1 aromatic rings. The minimum atomic E-state index is -4.03. The fraction of sp³-hybridized carbons (Fsp3) is 0.579. The van der Waals surface area contributed by atoms with Gasteiger partial charge in [0.2, 0.25) is 0 Å². The smallest absolute Gasteiger partial charge is 0.330 e. The van der Waals surface area contributed by atoms with Crippen molar-refractivity contribution in [1.82, 2.24) is 4.31 Å². The van der Waals surface area contributed by atoms with Crippen molar-refractivity contribution in [3.8, 4) is 0 Å². The maximum Gasteiger partial charge on any atom is 0.330 e. The van der Waals surface area contributed by atoms with Gasteiger partial charge >= 0.3 is 5.97 Å². The summed E-state index contributed by atoms with van der Waals surface area (Å²) in [7, 11) is -4.03. The number of hydrogen-bond donors (Lipinski definition) is 0. The Morgan fingerprint density at radius 3 is 2.38 bits per heavy atom. The molecule has 1 heterocycles. The molecule has 0 bridgehead atoms. The van der Waals surface area contributed by atoms with E-state index in [9.17, 15) is 18.0 Å². The first-order chi connectivity index (χ1) is 12.4. The number of unbranched alkanes of at least 4 members (excludes halogenated alkanes) is 5. The fourth-order valence-corrected chi connectivity index (χ4v) is 4.94. The molecule has 0 aliphatic carbocycles. The van der Waals surface area contributed by atoms with Gasteiger partial charge in [0.1, 0.15) is 10.9 Å². The normalized spacial score (nSPS) is 16.4. The number of benzene rings is 1. The van der Waals surface area contributed by atoms with Gasteiger partial charge in [-0.2, -0.15) is 0 Å². The molecule has 144 valence electrons. The largest absolute Gasteiger partial charge is 0.464 e. The minimum Gasteiger partial charge on any atom is -0.464 e. The highest BCUT2D eigenvalue weighted by atomic mass is 32.2. The lowest BCUT2D eigenvalue weighted by Crippen LogP contribution is -2.45. The van der Waals surface area contributed by atoms with Crippen LogP contribution in [0.1, 0.15) is 69.2 Å². The Morgan fingerprint density at radius 2 is 1.73 bits per heavy atom. The van der Waals surface area contributed by atoms with Crippen LogP contribution < -0.4 is 0 Å². The molecule has 0 N–H and O–H groups in total. The number of carbonyl (C=O) groups is 2. The molecular formula is C19H27NO5S. The first-order valence-electron chi connectivity index (χ1n) is 9.29. The van der Waals surface area contributed by atoms with E-state index in [0.29, 0.717) is 6.42 Å². The number of ether oxygens (including phenoxy) is 1. The Labute approximate surface area is 155 Å². The lowest BCUT2D eigenvalue weighted by atomic mass is 10.1. The van der Waals surface area contributed by atoms with Gasteiger partial charge in [-0.15, -0.1) is 0 Å². The molecule has 1 aliphatic rings. The molecule has 1 atom stereocenters. The zero-order valence-electron chi connectivity index (χ0n) is 15.4. The Hall–Kier alpha value is -1.89. The molecule has 1 amide bonds. The maximum atomic E-state index is 12.8. The van der Waals surface area contributed by atoms with Crippen LogP contribution in [0, 0.1) is 0 Å². The summed E-state index contributed by atoms with van der Waals surface area (Å²) < 4.78 is 31.4. The predicted octanol–water partition coefficient (Wildman–Crippen LogP) is 3.51. The van der Waals surface area contributed by atoms with E-state index in [0.717, 1.165) is 36.4 Å². The van der Waals surface area contributed by atoms with Crippen molar-refractivity contribution in [2.45, 2.75) is 69.7 Å². The summed E-state index contributed by atoms with van der Waals surface area (Å²) in [6.07, 6.45) is 6.30. The van der Waals surface area contributed by atoms with Crippen molar-refractivity contribution >= 4 is 21.9 Å². The summed E-state index contributed by atoms with van der Waals surface area (Å²) in [4.78, 5) is 25.0. The van der Waals surface area contributed by atoms with Gasteiger partial charge in [0.05, 0.1) is 12.2 Å². The zero-order valence-corrected chi connectivity index (χ0v) is 16.3. The lowest BCUT2D eigenvalue weighted by Gasteiger charge is -2.25. The Bertz CT molecular complexity index is 744. The van der Waals surface area contributed by atoms with Gasteiger partial charge in [-0.1, -0.05) is 57.6 Å². The third-order valence-electron chi connectivity index (χ3n) is 4.53. The van der Waals surface area contributed by atoms with Gasteiger partial charge in [0.15, 0.2) is 0 Å². The maximum absolute atomic E-state index is 12.8. The molecule has 7 heteroatoms. The Morgan fingerprint density at radius 1 is 1.08 bits per heavy atom. The van der Waals surface area contributed by atoms with Crippen LogP contribution in [-0.2, 0) is 19.6 Å². The van der Waals surface area contributed by atoms with Crippen molar-refractivity contribution in [3.05, 3.63) is 29.8 Å². The van der Waals surface area contributed by atoms with Gasteiger partial charge in [-0.3, -0.25) is 4.79 Å². The molecule has 1 aliphatic heterocycles. The quantitative estimate of drug-likeness (QED) is 0.458. The molecule has 0 saturated carbocycles. The van der Waals surface area contributed by atoms with Crippen LogP contribution in [0.2, 0.25) is 0 Å². The summed E-state index contributed by atoms with van der Waals surface area (Å²) in [5.41, 5.74) is 0.116. The van der Waals surface area contributed by atoms with Crippen LogP contribution >= 0.6 is 0 Å². The molecule has 1 aromatic carbocycles. The summed E-state index contributed by atoms with van der Waals surface area (Å²) in [5, 5.41) is 0. The van der Waals surface area contributed by atoms with E-state index < -0.39 is 27.9 Å². The van der Waals surface area contributed by atoms with Crippen molar-refractivity contribution in [3.63, 3.8) is 0 Å². The molecule has 26 heavy (non-hydrogen) atoms. The van der Waals surface area contributed by atoms with Gasteiger partial charge in [0, 0.05) is 0 Å². The van der Waals surface area contributed by atoms with Gasteiger partial charge in [-0.05, 0) is 25.5 Å². The van der Waals surface area contributed by atoms with Crippen molar-refractivity contribution in [2.24, 2.45) is 0 Å². The summed E-state index contributed by atoms with van der Waals surface area (Å²) in [6, 6.07) is 4.95. The average Bonchev–Trinajstić information content (AvgIpc) is 2.82. The number of nitrogens with zero attached hydrogens (tertiary/aromatic N) is 1. The summed E-state index contributed by atoms with van der Waals surface area (Å²) >= 11 is 0. The van der Waals surface area contributed by atoms with Crippen molar-refractivity contribution in [1.29, 1.82) is 0 Å². The standard InChI is InChI=1S/C19H27NO5S/c1-3-5-6-7-8-9-13-16(19(22)25-4-2)20-18(21)15-12-10-11-14-17(15)26(20,23)24/h10-12,14,16H,3-9,13H2,1-2H3/t16-/m0/s1. The second-order valence-corrected chi connectivity index (χ2v) is 8.21. The monoisotopic (exact) mass is 381 g/mol. The second-order valence-electron chi connectivity index (χ2n) is 6.43. The highest BCUT2D eigenvalue weighted by molar-refractivity contribution is 7.90. The van der Waals surface area contributed by atoms with Crippen LogP contribution in [0.4, 0.5) is 0 Å². The third-order valence-corrected chi connectivity index (χ3v) is 6.38.